The van der Waals surface area contributed by atoms with Gasteiger partial charge in [0.05, 0.1) is 37.5 Å². The fourth-order valence-electron chi connectivity index (χ4n) is 4.47. The third kappa shape index (κ3) is 20.1. The highest BCUT2D eigenvalue weighted by atomic mass is 16.6. The average molecular weight is 594 g/mol. The normalized spacial score (nSPS) is 12.3. The molecule has 0 bridgehead atoms. The van der Waals surface area contributed by atoms with Crippen LogP contribution in [0, 0.1) is 0 Å². The summed E-state index contributed by atoms with van der Waals surface area (Å²) in [5.41, 5.74) is 0.340. The number of pyridine rings is 1. The van der Waals surface area contributed by atoms with Gasteiger partial charge in [-0.25, -0.2) is 14.4 Å². The summed E-state index contributed by atoms with van der Waals surface area (Å²) < 4.78 is 20.8. The Hall–Kier alpha value is -2.88. The minimum Gasteiger partial charge on any atom is -0.460 e. The van der Waals surface area contributed by atoms with Crippen LogP contribution in [0.1, 0.15) is 121 Å². The van der Waals surface area contributed by atoms with Crippen molar-refractivity contribution in [1.82, 2.24) is 15.6 Å². The molecule has 0 saturated heterocycles. The van der Waals surface area contributed by atoms with Crippen LogP contribution in [0.5, 0.6) is 0 Å². The van der Waals surface area contributed by atoms with Crippen molar-refractivity contribution in [3.05, 3.63) is 30.1 Å². The number of carbonyl (C=O) groups excluding carboxylic acids is 3. The van der Waals surface area contributed by atoms with Crippen molar-refractivity contribution in [3.8, 4) is 0 Å². The maximum absolute atomic E-state index is 12.3. The van der Waals surface area contributed by atoms with Crippen molar-refractivity contribution in [2.75, 3.05) is 33.5 Å². The summed E-state index contributed by atoms with van der Waals surface area (Å²) in [5.74, 6) is -0.514. The van der Waals surface area contributed by atoms with Gasteiger partial charge in [0.1, 0.15) is 6.61 Å². The molecule has 2 atom stereocenters. The molecule has 0 spiro atoms. The van der Waals surface area contributed by atoms with Crippen LogP contribution in [0.25, 0.3) is 0 Å². The maximum atomic E-state index is 12.3. The zero-order chi connectivity index (χ0) is 30.7. The highest BCUT2D eigenvalue weighted by Crippen LogP contribution is 2.14. The molecule has 2 unspecified atom stereocenters. The third-order valence-electron chi connectivity index (χ3n) is 7.12. The van der Waals surface area contributed by atoms with Gasteiger partial charge in [-0.05, 0) is 25.5 Å². The first-order chi connectivity index (χ1) is 20.5. The first kappa shape index (κ1) is 37.1. The molecule has 10 heteroatoms. The van der Waals surface area contributed by atoms with Crippen molar-refractivity contribution in [2.24, 2.45) is 0 Å². The second-order valence-electron chi connectivity index (χ2n) is 10.7. The molecule has 0 aliphatic carbocycles. The lowest BCUT2D eigenvalue weighted by Gasteiger charge is -2.24. The number of aromatic nitrogens is 1. The van der Waals surface area contributed by atoms with Gasteiger partial charge in [0.2, 0.25) is 0 Å². The Labute approximate surface area is 253 Å². The van der Waals surface area contributed by atoms with Crippen molar-refractivity contribution in [1.29, 1.82) is 0 Å². The number of amides is 2. The fourth-order valence-corrected chi connectivity index (χ4v) is 4.47. The number of unbranched alkanes of at least 4 members (excludes halogenated alkanes) is 12. The smallest absolute Gasteiger partial charge is 0.407 e. The van der Waals surface area contributed by atoms with E-state index in [1.54, 1.807) is 25.4 Å². The van der Waals surface area contributed by atoms with Crippen LogP contribution in [0.4, 0.5) is 9.59 Å². The van der Waals surface area contributed by atoms with Crippen LogP contribution >= 0.6 is 0 Å². The highest BCUT2D eigenvalue weighted by Gasteiger charge is 2.19. The Balaban J connectivity index is 2.04. The van der Waals surface area contributed by atoms with E-state index in [-0.39, 0.29) is 38.5 Å². The molecule has 0 saturated carbocycles. The Bertz CT molecular complexity index is 826. The molecule has 1 aromatic heterocycles. The molecule has 0 aromatic carbocycles. The summed E-state index contributed by atoms with van der Waals surface area (Å²) in [5, 5.41) is 5.41. The Kier molecular flexibility index (Phi) is 22.8. The molecule has 1 heterocycles. The molecule has 1 rings (SSSR count). The summed E-state index contributed by atoms with van der Waals surface area (Å²) in [6.07, 6.45) is 19.8. The molecule has 1 aromatic rings. The van der Waals surface area contributed by atoms with Crippen LogP contribution in [0.2, 0.25) is 0 Å². The number of hydrogen-bond acceptors (Lipinski definition) is 8. The average Bonchev–Trinajstić information content (AvgIpc) is 3.00. The van der Waals surface area contributed by atoms with E-state index in [0.29, 0.717) is 12.0 Å². The number of nitrogens with zero attached hydrogens (tertiary/aromatic N) is 1. The van der Waals surface area contributed by atoms with E-state index in [9.17, 15) is 14.4 Å². The number of hydrogen-bond donors (Lipinski definition) is 2. The zero-order valence-electron chi connectivity index (χ0n) is 26.2. The highest BCUT2D eigenvalue weighted by molar-refractivity contribution is 5.88. The van der Waals surface area contributed by atoms with E-state index >= 15 is 0 Å². The fraction of sp³-hybridized carbons (Fsp3) is 0.750. The van der Waals surface area contributed by atoms with Gasteiger partial charge in [0.25, 0.3) is 0 Å². The lowest BCUT2D eigenvalue weighted by atomic mass is 10.0. The first-order valence-corrected chi connectivity index (χ1v) is 15.9. The van der Waals surface area contributed by atoms with Crippen LogP contribution < -0.4 is 10.6 Å². The number of esters is 1. The SMILES string of the molecule is CCCCCCCCCCCCCCCC(NC(=O)OCCCOC(=O)NCCOC(=O)c1cccnc1)C(C)OC. The molecule has 2 amide bonds. The van der Waals surface area contributed by atoms with Crippen LogP contribution in [-0.4, -0.2) is 68.8 Å². The van der Waals surface area contributed by atoms with E-state index in [0.717, 1.165) is 19.3 Å². The van der Waals surface area contributed by atoms with E-state index < -0.39 is 18.2 Å². The van der Waals surface area contributed by atoms with Gasteiger partial charge in [0, 0.05) is 25.9 Å². The van der Waals surface area contributed by atoms with Crippen LogP contribution in [0.15, 0.2) is 24.5 Å². The van der Waals surface area contributed by atoms with Crippen molar-refractivity contribution >= 4 is 18.2 Å². The molecular weight excluding hydrogens is 538 g/mol. The van der Waals surface area contributed by atoms with Crippen LogP contribution in [0.3, 0.4) is 0 Å². The minimum absolute atomic E-state index is 0.00643. The zero-order valence-corrected chi connectivity index (χ0v) is 26.2. The summed E-state index contributed by atoms with van der Waals surface area (Å²) >= 11 is 0. The summed E-state index contributed by atoms with van der Waals surface area (Å²) in [7, 11) is 1.64. The Morgan fingerprint density at radius 2 is 1.38 bits per heavy atom. The monoisotopic (exact) mass is 593 g/mol. The number of rotatable bonds is 25. The minimum atomic E-state index is -0.635. The maximum Gasteiger partial charge on any atom is 0.407 e. The number of nitrogens with one attached hydrogen (secondary N) is 2. The molecule has 0 aliphatic rings. The predicted octanol–water partition coefficient (Wildman–Crippen LogP) is 6.97. The van der Waals surface area contributed by atoms with Gasteiger partial charge >= 0.3 is 18.2 Å². The second kappa shape index (κ2) is 25.8. The van der Waals surface area contributed by atoms with Gasteiger partial charge in [0.15, 0.2) is 0 Å². The quantitative estimate of drug-likeness (QED) is 0.0708. The largest absolute Gasteiger partial charge is 0.460 e. The summed E-state index contributed by atoms with van der Waals surface area (Å²) in [4.78, 5) is 39.7. The van der Waals surface area contributed by atoms with Crippen LogP contribution in [-0.2, 0) is 18.9 Å². The van der Waals surface area contributed by atoms with Crippen molar-refractivity contribution in [2.45, 2.75) is 122 Å². The molecule has 0 aliphatic heterocycles. The molecule has 10 nitrogen and oxygen atoms in total. The molecule has 2 N–H and O–H groups in total. The van der Waals surface area contributed by atoms with E-state index in [1.165, 1.54) is 76.8 Å². The Morgan fingerprint density at radius 3 is 1.95 bits per heavy atom. The molecular formula is C32H55N3O7. The predicted molar refractivity (Wildman–Crippen MR) is 164 cm³/mol. The standard InChI is InChI=1S/C32H55N3O7/c1-4-5-6-7-8-9-10-11-12-13-14-15-16-20-29(27(2)39-3)35-32(38)42-24-18-23-41-31(37)34-22-25-40-30(36)28-19-17-21-33-26-28/h17,19,21,26-27,29H,4-16,18,20,22-25H2,1-3H3,(H,34,37)(H,35,38). The van der Waals surface area contributed by atoms with Gasteiger partial charge in [-0.1, -0.05) is 90.4 Å². The van der Waals surface area contributed by atoms with E-state index in [4.69, 9.17) is 18.9 Å². The van der Waals surface area contributed by atoms with Gasteiger partial charge in [-0.2, -0.15) is 0 Å². The lowest BCUT2D eigenvalue weighted by molar-refractivity contribution is 0.0502. The second-order valence-corrected chi connectivity index (χ2v) is 10.7. The molecule has 42 heavy (non-hydrogen) atoms. The topological polar surface area (TPSA) is 125 Å². The number of carbonyl (C=O) groups is 3. The molecule has 0 radical (unpaired) electrons. The van der Waals surface area contributed by atoms with E-state index in [1.807, 2.05) is 6.92 Å². The van der Waals surface area contributed by atoms with Gasteiger partial charge in [-0.15, -0.1) is 0 Å². The number of alkyl carbamates (subject to hydrolysis) is 2. The number of ether oxygens (including phenoxy) is 4. The summed E-state index contributed by atoms with van der Waals surface area (Å²) in [6.45, 7) is 4.53. The summed E-state index contributed by atoms with van der Waals surface area (Å²) in [6, 6.07) is 3.11. The van der Waals surface area contributed by atoms with Crippen molar-refractivity contribution in [3.63, 3.8) is 0 Å². The third-order valence-corrected chi connectivity index (χ3v) is 7.12. The van der Waals surface area contributed by atoms with E-state index in [2.05, 4.69) is 22.5 Å². The lowest BCUT2D eigenvalue weighted by Crippen LogP contribution is -2.43. The van der Waals surface area contributed by atoms with Crippen molar-refractivity contribution < 1.29 is 33.3 Å². The molecule has 0 fully saturated rings. The first-order valence-electron chi connectivity index (χ1n) is 15.9. The Morgan fingerprint density at radius 1 is 0.786 bits per heavy atom. The number of methoxy groups -OCH3 is 1. The molecule has 240 valence electrons. The van der Waals surface area contributed by atoms with Gasteiger partial charge < -0.3 is 29.6 Å². The van der Waals surface area contributed by atoms with Gasteiger partial charge in [-0.3, -0.25) is 4.98 Å².